The topological polar surface area (TPSA) is 188 Å². The molecule has 5 atom stereocenters. The van der Waals surface area contributed by atoms with Crippen molar-refractivity contribution in [3.8, 4) is 0 Å². The summed E-state index contributed by atoms with van der Waals surface area (Å²) in [6.45, 7) is -0.928. The van der Waals surface area contributed by atoms with Gasteiger partial charge in [0.15, 0.2) is 0 Å². The number of carbonyl (C=O) groups is 2. The average molecular weight is 299 g/mol. The van der Waals surface area contributed by atoms with Crippen LogP contribution >= 0.6 is 0 Å². The quantitative estimate of drug-likeness (QED) is 0.242. The highest BCUT2D eigenvalue weighted by Crippen LogP contribution is 2.10. The van der Waals surface area contributed by atoms with Gasteiger partial charge in [-0.3, -0.25) is 0 Å². The van der Waals surface area contributed by atoms with Gasteiger partial charge in [-0.25, -0.2) is 14.5 Å². The van der Waals surface area contributed by atoms with Gasteiger partial charge in [-0.2, -0.15) is 0 Å². The Morgan fingerprint density at radius 1 is 1.05 bits per heavy atom. The number of hydrogen-bond donors (Lipinski definition) is 7. The lowest BCUT2D eigenvalue weighted by Gasteiger charge is -2.28. The predicted octanol–water partition coefficient (Wildman–Crippen LogP) is -3.51. The number of rotatable bonds is 6. The molecule has 0 aliphatic rings. The van der Waals surface area contributed by atoms with Crippen molar-refractivity contribution >= 4 is 12.2 Å². The molecule has 0 aromatic heterocycles. The molecule has 0 aromatic carbocycles. The summed E-state index contributed by atoms with van der Waals surface area (Å²) in [5.74, 6) is 0. The zero-order chi connectivity index (χ0) is 16.0. The van der Waals surface area contributed by atoms with Crippen LogP contribution in [0.5, 0.6) is 0 Å². The predicted molar refractivity (Wildman–Crippen MR) is 59.4 cm³/mol. The molecule has 11 nitrogen and oxygen atoms in total. The van der Waals surface area contributed by atoms with E-state index in [1.54, 1.807) is 0 Å². The third-order valence-corrected chi connectivity index (χ3v) is 2.36. The van der Waals surface area contributed by atoms with Crippen LogP contribution in [0.3, 0.4) is 0 Å². The number of carboxylic acid groups (broad SMARTS) is 1. The second-order valence-corrected chi connectivity index (χ2v) is 3.84. The van der Waals surface area contributed by atoms with Gasteiger partial charge in [0.25, 0.3) is 0 Å². The average Bonchev–Trinajstić information content (AvgIpc) is 2.42. The number of carbonyl (C=O) groups excluding carboxylic acids is 1. The molecule has 7 N–H and O–H groups in total. The Morgan fingerprint density at radius 2 is 1.55 bits per heavy atom. The first-order valence-corrected chi connectivity index (χ1v) is 5.31. The molecule has 0 spiro atoms. The van der Waals surface area contributed by atoms with Gasteiger partial charge >= 0.3 is 12.2 Å². The van der Waals surface area contributed by atoms with E-state index in [1.807, 2.05) is 0 Å². The van der Waals surface area contributed by atoms with Crippen LogP contribution < -0.4 is 0 Å². The molecule has 20 heavy (non-hydrogen) atoms. The van der Waals surface area contributed by atoms with Gasteiger partial charge in [0, 0.05) is 7.05 Å². The fourth-order valence-electron chi connectivity index (χ4n) is 1.04. The van der Waals surface area contributed by atoms with Gasteiger partial charge < -0.3 is 40.5 Å². The summed E-state index contributed by atoms with van der Waals surface area (Å²) in [5.41, 5.74) is 0. The number of aliphatic hydroxyl groups excluding tert-OH is 6. The van der Waals surface area contributed by atoms with Gasteiger partial charge in [-0.15, -0.1) is 0 Å². The fraction of sp³-hybridized carbons (Fsp3) is 0.778. The largest absolute Gasteiger partial charge is 0.465 e. The molecule has 0 saturated carbocycles. The molecule has 1 unspecified atom stereocenters. The lowest BCUT2D eigenvalue weighted by molar-refractivity contribution is -0.192. The maximum absolute atomic E-state index is 11.1. The van der Waals surface area contributed by atoms with Gasteiger partial charge in [0.05, 0.1) is 6.61 Å². The second kappa shape index (κ2) is 7.94. The Hall–Kier alpha value is -1.50. The molecule has 0 heterocycles. The van der Waals surface area contributed by atoms with E-state index in [-0.39, 0.29) is 4.90 Å². The molecule has 11 heteroatoms. The van der Waals surface area contributed by atoms with E-state index in [0.29, 0.717) is 0 Å². The van der Waals surface area contributed by atoms with E-state index in [0.717, 1.165) is 7.05 Å². The second-order valence-electron chi connectivity index (χ2n) is 3.84. The third-order valence-electron chi connectivity index (χ3n) is 2.36. The maximum Gasteiger partial charge on any atom is 0.421 e. The van der Waals surface area contributed by atoms with Crippen molar-refractivity contribution in [2.45, 2.75) is 30.7 Å². The summed E-state index contributed by atoms with van der Waals surface area (Å²) in [4.78, 5) is 21.6. The van der Waals surface area contributed by atoms with Crippen LogP contribution in [0.1, 0.15) is 0 Å². The number of amides is 2. The van der Waals surface area contributed by atoms with Crippen LogP contribution in [0.4, 0.5) is 9.59 Å². The molecule has 118 valence electrons. The summed E-state index contributed by atoms with van der Waals surface area (Å²) >= 11 is 0. The smallest absolute Gasteiger partial charge is 0.421 e. The minimum Gasteiger partial charge on any atom is -0.465 e. The number of nitrogens with zero attached hydrogens (tertiary/aromatic N) is 1. The maximum atomic E-state index is 11.1. The van der Waals surface area contributed by atoms with Crippen LogP contribution in [0.2, 0.25) is 0 Å². The summed E-state index contributed by atoms with van der Waals surface area (Å²) in [6, 6.07) is 0. The zero-order valence-electron chi connectivity index (χ0n) is 10.4. The molecule has 0 saturated heterocycles. The van der Waals surface area contributed by atoms with Crippen molar-refractivity contribution in [3.63, 3.8) is 0 Å². The van der Waals surface area contributed by atoms with Crippen molar-refractivity contribution < 1.29 is 50.1 Å². The van der Waals surface area contributed by atoms with Crippen LogP contribution in [-0.4, -0.2) is 97.2 Å². The Labute approximate surface area is 112 Å². The summed E-state index contributed by atoms with van der Waals surface area (Å²) in [7, 11) is 0.810. The molecule has 0 aliphatic heterocycles. The molecule has 0 aliphatic carbocycles. The van der Waals surface area contributed by atoms with Gasteiger partial charge in [0.2, 0.25) is 6.29 Å². The van der Waals surface area contributed by atoms with Crippen molar-refractivity contribution in [1.82, 2.24) is 4.90 Å². The van der Waals surface area contributed by atoms with Crippen molar-refractivity contribution in [2.75, 3.05) is 13.7 Å². The fourth-order valence-corrected chi connectivity index (χ4v) is 1.04. The van der Waals surface area contributed by atoms with E-state index in [4.69, 9.17) is 15.3 Å². The Bertz CT molecular complexity index is 337. The summed E-state index contributed by atoms with van der Waals surface area (Å²) in [6.07, 6.45) is -13.8. The normalized spacial score (nSPS) is 18.6. The highest BCUT2D eigenvalue weighted by molar-refractivity contribution is 5.86. The number of hydrogen-bond acceptors (Lipinski definition) is 9. The van der Waals surface area contributed by atoms with E-state index < -0.39 is 49.5 Å². The molecular weight excluding hydrogens is 282 g/mol. The standard InChI is InChI=1S/C9H17NO10/c1-10(8(17)18)9(19)20-7(16)6(15)5(14)4(13)3(12)2-11/h3-7,11-16H,2H2,1H3,(H,17,18)/t3-,4-,5+,6+,7?/m1/s1. The summed E-state index contributed by atoms with van der Waals surface area (Å²) in [5, 5.41) is 63.3. The van der Waals surface area contributed by atoms with Gasteiger partial charge in [0.1, 0.15) is 24.4 Å². The van der Waals surface area contributed by atoms with Crippen molar-refractivity contribution in [1.29, 1.82) is 0 Å². The first-order valence-electron chi connectivity index (χ1n) is 5.31. The Morgan fingerprint density at radius 3 is 1.95 bits per heavy atom. The molecular formula is C9H17NO10. The molecule has 2 amide bonds. The van der Waals surface area contributed by atoms with E-state index in [9.17, 15) is 30.0 Å². The van der Waals surface area contributed by atoms with Crippen LogP contribution in [0.15, 0.2) is 0 Å². The molecule has 0 rings (SSSR count). The molecule has 0 bridgehead atoms. The molecule has 0 radical (unpaired) electrons. The Kier molecular flexibility index (Phi) is 7.34. The molecule has 0 fully saturated rings. The van der Waals surface area contributed by atoms with E-state index >= 15 is 0 Å². The monoisotopic (exact) mass is 299 g/mol. The van der Waals surface area contributed by atoms with Crippen molar-refractivity contribution in [2.24, 2.45) is 0 Å². The van der Waals surface area contributed by atoms with Gasteiger partial charge in [-0.1, -0.05) is 0 Å². The van der Waals surface area contributed by atoms with E-state index in [2.05, 4.69) is 4.74 Å². The lowest BCUT2D eigenvalue weighted by Crippen LogP contribution is -2.51. The van der Waals surface area contributed by atoms with Crippen LogP contribution in [0, 0.1) is 0 Å². The van der Waals surface area contributed by atoms with Crippen LogP contribution in [-0.2, 0) is 4.74 Å². The SMILES string of the molecule is CN(C(=O)O)C(=O)OC(O)[C@@H](O)[C@@H](O)[C@H](O)[C@H](O)CO. The van der Waals surface area contributed by atoms with Crippen molar-refractivity contribution in [3.05, 3.63) is 0 Å². The number of imide groups is 1. The Balaban J connectivity index is 4.58. The van der Waals surface area contributed by atoms with Crippen LogP contribution in [0.25, 0.3) is 0 Å². The van der Waals surface area contributed by atoms with E-state index in [1.165, 1.54) is 0 Å². The van der Waals surface area contributed by atoms with Gasteiger partial charge in [-0.05, 0) is 0 Å². The number of ether oxygens (including phenoxy) is 1. The first-order chi connectivity index (χ1) is 9.13. The molecule has 0 aromatic rings. The highest BCUT2D eigenvalue weighted by atomic mass is 16.7. The minimum absolute atomic E-state index is 0.0569. The lowest BCUT2D eigenvalue weighted by atomic mass is 10.0. The number of aliphatic hydroxyl groups is 6. The highest BCUT2D eigenvalue weighted by Gasteiger charge is 2.36. The summed E-state index contributed by atoms with van der Waals surface area (Å²) < 4.78 is 4.12. The third kappa shape index (κ3) is 4.88. The zero-order valence-corrected chi connectivity index (χ0v) is 10.4. The first kappa shape index (κ1) is 18.5. The minimum atomic E-state index is -2.36.